The molecule has 0 radical (unpaired) electrons. The minimum Gasteiger partial charge on any atom is -0.444 e. The summed E-state index contributed by atoms with van der Waals surface area (Å²) in [6.07, 6.45) is 4.91. The molecule has 1 saturated heterocycles. The van der Waals surface area contributed by atoms with E-state index in [0.717, 1.165) is 18.8 Å². The molecule has 1 N–H and O–H groups in total. The average Bonchev–Trinajstić information content (AvgIpc) is 2.62. The number of pyridine rings is 1. The molecule has 1 fully saturated rings. The monoisotopic (exact) mass is 356 g/mol. The Bertz CT molecular complexity index is 722. The maximum atomic E-state index is 12.1. The zero-order valence-corrected chi connectivity index (χ0v) is 15.3. The number of ether oxygens (including phenoxy) is 1. The van der Waals surface area contributed by atoms with Crippen molar-refractivity contribution in [2.45, 2.75) is 26.4 Å². The van der Waals surface area contributed by atoms with Gasteiger partial charge in [-0.3, -0.25) is 0 Å². The molecule has 1 aliphatic heterocycles. The van der Waals surface area contributed by atoms with Crippen LogP contribution in [0.1, 0.15) is 20.8 Å². The highest BCUT2D eigenvalue weighted by Gasteiger charge is 2.26. The molecule has 3 rings (SSSR count). The summed E-state index contributed by atoms with van der Waals surface area (Å²) in [5.74, 6) is 1.20. The molecular formula is C18H24N6O2. The Labute approximate surface area is 153 Å². The lowest BCUT2D eigenvalue weighted by atomic mass is 10.2. The van der Waals surface area contributed by atoms with E-state index in [0.29, 0.717) is 24.9 Å². The maximum absolute atomic E-state index is 12.1. The Morgan fingerprint density at radius 2 is 1.77 bits per heavy atom. The lowest BCUT2D eigenvalue weighted by molar-refractivity contribution is 0.0240. The van der Waals surface area contributed by atoms with Crippen LogP contribution in [0.5, 0.6) is 0 Å². The first kappa shape index (κ1) is 17.9. The molecule has 8 heteroatoms. The van der Waals surface area contributed by atoms with Crippen LogP contribution in [-0.2, 0) is 4.74 Å². The molecule has 0 aromatic carbocycles. The molecule has 26 heavy (non-hydrogen) atoms. The summed E-state index contributed by atoms with van der Waals surface area (Å²) in [5.41, 5.74) is 0.553. The highest BCUT2D eigenvalue weighted by Crippen LogP contribution is 2.19. The van der Waals surface area contributed by atoms with Gasteiger partial charge in [0.2, 0.25) is 5.95 Å². The Balaban J connectivity index is 1.54. The van der Waals surface area contributed by atoms with Crippen molar-refractivity contribution >= 4 is 23.5 Å². The molecule has 138 valence electrons. The third kappa shape index (κ3) is 4.81. The molecule has 3 heterocycles. The van der Waals surface area contributed by atoms with Gasteiger partial charge in [-0.05, 0) is 39.0 Å². The molecule has 0 bridgehead atoms. The Kier molecular flexibility index (Phi) is 5.20. The Morgan fingerprint density at radius 3 is 2.35 bits per heavy atom. The number of hydrogen-bond acceptors (Lipinski definition) is 7. The van der Waals surface area contributed by atoms with E-state index in [9.17, 15) is 4.79 Å². The number of carbonyl (C=O) groups excluding carboxylic acids is 1. The minimum absolute atomic E-state index is 0.252. The fraction of sp³-hybridized carbons (Fsp3) is 0.444. The minimum atomic E-state index is -0.469. The van der Waals surface area contributed by atoms with E-state index < -0.39 is 5.60 Å². The maximum Gasteiger partial charge on any atom is 0.410 e. The Hall–Kier alpha value is -2.90. The van der Waals surface area contributed by atoms with Crippen LogP contribution in [0.3, 0.4) is 0 Å². The van der Waals surface area contributed by atoms with E-state index in [1.807, 2.05) is 39.1 Å². The van der Waals surface area contributed by atoms with Crippen molar-refractivity contribution in [3.05, 3.63) is 36.8 Å². The van der Waals surface area contributed by atoms with Crippen molar-refractivity contribution in [1.82, 2.24) is 19.9 Å². The molecule has 2 aromatic heterocycles. The van der Waals surface area contributed by atoms with E-state index in [1.165, 1.54) is 0 Å². The summed E-state index contributed by atoms with van der Waals surface area (Å²) in [5, 5.41) is 3.06. The van der Waals surface area contributed by atoms with Gasteiger partial charge in [0.15, 0.2) is 0 Å². The quantitative estimate of drug-likeness (QED) is 0.905. The summed E-state index contributed by atoms with van der Waals surface area (Å²) in [6.45, 7) is 8.39. The second kappa shape index (κ2) is 7.55. The number of nitrogens with one attached hydrogen (secondary N) is 1. The molecule has 2 aromatic rings. The van der Waals surface area contributed by atoms with Gasteiger partial charge in [0.1, 0.15) is 11.4 Å². The number of nitrogens with zero attached hydrogens (tertiary/aromatic N) is 5. The van der Waals surface area contributed by atoms with Gasteiger partial charge in [-0.25, -0.2) is 19.7 Å². The zero-order chi connectivity index (χ0) is 18.6. The van der Waals surface area contributed by atoms with Crippen LogP contribution in [0.15, 0.2) is 36.8 Å². The molecule has 0 unspecified atom stereocenters. The summed E-state index contributed by atoms with van der Waals surface area (Å²) in [7, 11) is 0. The SMILES string of the molecule is CC(C)(C)OC(=O)N1CCN(c2ccc(Nc3ncccn3)nc2)CC1. The number of piperazine rings is 1. The molecule has 0 saturated carbocycles. The summed E-state index contributed by atoms with van der Waals surface area (Å²) >= 11 is 0. The lowest BCUT2D eigenvalue weighted by Crippen LogP contribution is -2.50. The number of carbonyl (C=O) groups is 1. The lowest BCUT2D eigenvalue weighted by Gasteiger charge is -2.36. The van der Waals surface area contributed by atoms with Gasteiger partial charge in [-0.15, -0.1) is 0 Å². The first-order valence-electron chi connectivity index (χ1n) is 8.64. The molecular weight excluding hydrogens is 332 g/mol. The third-order valence-electron chi connectivity index (χ3n) is 3.85. The third-order valence-corrected chi connectivity index (χ3v) is 3.85. The van der Waals surface area contributed by atoms with Crippen molar-refractivity contribution in [3.8, 4) is 0 Å². The fourth-order valence-corrected chi connectivity index (χ4v) is 2.60. The number of rotatable bonds is 3. The van der Waals surface area contributed by atoms with Crippen molar-refractivity contribution in [2.75, 3.05) is 36.4 Å². The standard InChI is InChI=1S/C18H24N6O2/c1-18(2,3)26-17(25)24-11-9-23(10-12-24)14-5-6-15(21-13-14)22-16-19-7-4-8-20-16/h4-8,13H,9-12H2,1-3H3,(H,19,20,21,22). The van der Waals surface area contributed by atoms with E-state index in [1.54, 1.807) is 23.4 Å². The Morgan fingerprint density at radius 1 is 1.08 bits per heavy atom. The van der Waals surface area contributed by atoms with Crippen LogP contribution in [0.2, 0.25) is 0 Å². The molecule has 1 amide bonds. The summed E-state index contributed by atoms with van der Waals surface area (Å²) in [6, 6.07) is 5.66. The van der Waals surface area contributed by atoms with Gasteiger partial charge in [0, 0.05) is 38.6 Å². The van der Waals surface area contributed by atoms with Crippen LogP contribution >= 0.6 is 0 Å². The summed E-state index contributed by atoms with van der Waals surface area (Å²) < 4.78 is 5.43. The second-order valence-corrected chi connectivity index (χ2v) is 7.05. The average molecular weight is 356 g/mol. The van der Waals surface area contributed by atoms with Crippen molar-refractivity contribution in [1.29, 1.82) is 0 Å². The van der Waals surface area contributed by atoms with Gasteiger partial charge in [-0.2, -0.15) is 0 Å². The highest BCUT2D eigenvalue weighted by molar-refractivity contribution is 5.68. The first-order valence-corrected chi connectivity index (χ1v) is 8.64. The number of aromatic nitrogens is 3. The molecule has 0 spiro atoms. The topological polar surface area (TPSA) is 83.5 Å². The fourth-order valence-electron chi connectivity index (χ4n) is 2.60. The van der Waals surface area contributed by atoms with Crippen LogP contribution in [-0.4, -0.2) is 57.7 Å². The van der Waals surface area contributed by atoms with Crippen LogP contribution < -0.4 is 10.2 Å². The summed E-state index contributed by atoms with van der Waals surface area (Å²) in [4.78, 5) is 28.7. The number of anilines is 3. The first-order chi connectivity index (χ1) is 12.4. The molecule has 0 aliphatic carbocycles. The van der Waals surface area contributed by atoms with E-state index in [2.05, 4.69) is 25.2 Å². The van der Waals surface area contributed by atoms with E-state index in [-0.39, 0.29) is 6.09 Å². The number of hydrogen-bond donors (Lipinski definition) is 1. The largest absolute Gasteiger partial charge is 0.444 e. The van der Waals surface area contributed by atoms with Gasteiger partial charge >= 0.3 is 6.09 Å². The van der Waals surface area contributed by atoms with Crippen LogP contribution in [0.25, 0.3) is 0 Å². The molecule has 0 atom stereocenters. The smallest absolute Gasteiger partial charge is 0.410 e. The van der Waals surface area contributed by atoms with Crippen molar-refractivity contribution < 1.29 is 9.53 Å². The predicted octanol–water partition coefficient (Wildman–Crippen LogP) is 2.67. The normalized spacial score (nSPS) is 14.9. The van der Waals surface area contributed by atoms with Crippen LogP contribution in [0.4, 0.5) is 22.2 Å². The van der Waals surface area contributed by atoms with Gasteiger partial charge in [0.25, 0.3) is 0 Å². The van der Waals surface area contributed by atoms with Gasteiger partial charge in [0.05, 0.1) is 11.9 Å². The van der Waals surface area contributed by atoms with Crippen molar-refractivity contribution in [3.63, 3.8) is 0 Å². The van der Waals surface area contributed by atoms with Gasteiger partial charge in [-0.1, -0.05) is 0 Å². The van der Waals surface area contributed by atoms with E-state index in [4.69, 9.17) is 4.74 Å². The number of amides is 1. The van der Waals surface area contributed by atoms with E-state index >= 15 is 0 Å². The highest BCUT2D eigenvalue weighted by atomic mass is 16.6. The predicted molar refractivity (Wildman–Crippen MR) is 99.6 cm³/mol. The molecule has 8 nitrogen and oxygen atoms in total. The second-order valence-electron chi connectivity index (χ2n) is 7.05. The van der Waals surface area contributed by atoms with Crippen LogP contribution in [0, 0.1) is 0 Å². The van der Waals surface area contributed by atoms with Gasteiger partial charge < -0.3 is 19.9 Å². The zero-order valence-electron chi connectivity index (χ0n) is 15.3. The molecule has 1 aliphatic rings. The van der Waals surface area contributed by atoms with Crippen molar-refractivity contribution in [2.24, 2.45) is 0 Å².